The fraction of sp³-hybridized carbons (Fsp3) is 0.533. The number of nitrogens with one attached hydrogen (secondary N) is 2. The van der Waals surface area contributed by atoms with Gasteiger partial charge in [-0.25, -0.2) is 4.79 Å². The van der Waals surface area contributed by atoms with E-state index in [0.717, 1.165) is 0 Å². The molecule has 0 aliphatic heterocycles. The second kappa shape index (κ2) is 9.07. The minimum absolute atomic E-state index is 0.208. The average molecular weight is 397 g/mol. The Hall–Kier alpha value is -0.780. The van der Waals surface area contributed by atoms with E-state index in [2.05, 4.69) is 10.6 Å². The average Bonchev–Trinajstić information content (AvgIpc) is 2.46. The molecular formula is C15H23Cl2N2O4P. The molecule has 1 unspecified atom stereocenters. The number of carbonyl (C=O) groups is 1. The first-order valence-electron chi connectivity index (χ1n) is 7.64. The van der Waals surface area contributed by atoms with E-state index in [-0.39, 0.29) is 13.2 Å². The second-order valence-corrected chi connectivity index (χ2v) is 8.57. The molecule has 24 heavy (non-hydrogen) atoms. The first-order valence-corrected chi connectivity index (χ1v) is 9.94. The summed E-state index contributed by atoms with van der Waals surface area (Å²) >= 11 is 11.8. The maximum atomic E-state index is 13.0. The number of amides is 2. The molecule has 6 nitrogen and oxygen atoms in total. The summed E-state index contributed by atoms with van der Waals surface area (Å²) in [6.45, 7) is 7.27. The monoisotopic (exact) mass is 396 g/mol. The predicted octanol–water partition coefficient (Wildman–Crippen LogP) is 5.51. The fourth-order valence-electron chi connectivity index (χ4n) is 2.05. The molecule has 9 heteroatoms. The number of halogens is 2. The van der Waals surface area contributed by atoms with Gasteiger partial charge >= 0.3 is 13.6 Å². The quantitative estimate of drug-likeness (QED) is 0.568. The van der Waals surface area contributed by atoms with Gasteiger partial charge < -0.3 is 19.7 Å². The SMILES string of the molecule is CCOP(=O)(OCC)C(C)(CC)NC(=O)Nc1cc(Cl)cc(Cl)c1. The molecule has 0 radical (unpaired) electrons. The number of benzene rings is 1. The van der Waals surface area contributed by atoms with Crippen LogP contribution in [0.3, 0.4) is 0 Å². The number of hydrogen-bond acceptors (Lipinski definition) is 4. The topological polar surface area (TPSA) is 76.7 Å². The highest BCUT2D eigenvalue weighted by molar-refractivity contribution is 7.55. The molecule has 136 valence electrons. The number of anilines is 1. The van der Waals surface area contributed by atoms with E-state index in [0.29, 0.717) is 22.2 Å². The van der Waals surface area contributed by atoms with E-state index in [4.69, 9.17) is 32.2 Å². The molecule has 0 fully saturated rings. The standard InChI is InChI=1S/C15H23Cl2N2O4P/c1-5-15(4,24(21,22-6-2)23-7-3)19-14(20)18-13-9-11(16)8-12(17)10-13/h8-10H,5-7H2,1-4H3,(H2,18,19,20). The molecule has 0 aromatic heterocycles. The van der Waals surface area contributed by atoms with Gasteiger partial charge in [0.25, 0.3) is 0 Å². The Morgan fingerprint density at radius 3 is 2.04 bits per heavy atom. The van der Waals surface area contributed by atoms with Crippen LogP contribution in [0.15, 0.2) is 18.2 Å². The molecule has 0 heterocycles. The third kappa shape index (κ3) is 5.36. The van der Waals surface area contributed by atoms with Crippen molar-refractivity contribution in [3.8, 4) is 0 Å². The minimum atomic E-state index is -3.54. The first-order chi connectivity index (χ1) is 11.2. The molecule has 1 aromatic carbocycles. The van der Waals surface area contributed by atoms with Gasteiger partial charge in [-0.2, -0.15) is 0 Å². The Labute approximate surface area is 152 Å². The molecule has 0 aliphatic rings. The van der Waals surface area contributed by atoms with Crippen LogP contribution >= 0.6 is 30.8 Å². The van der Waals surface area contributed by atoms with Crippen LogP contribution < -0.4 is 10.6 Å². The van der Waals surface area contributed by atoms with Crippen LogP contribution in [0.4, 0.5) is 10.5 Å². The van der Waals surface area contributed by atoms with Crippen LogP contribution in [0.2, 0.25) is 10.0 Å². The van der Waals surface area contributed by atoms with E-state index in [9.17, 15) is 9.36 Å². The Balaban J connectivity index is 2.96. The lowest BCUT2D eigenvalue weighted by molar-refractivity contribution is 0.186. The summed E-state index contributed by atoms with van der Waals surface area (Å²) in [6.07, 6.45) is 0.355. The van der Waals surface area contributed by atoms with Crippen molar-refractivity contribution in [2.75, 3.05) is 18.5 Å². The Morgan fingerprint density at radius 2 is 1.62 bits per heavy atom. The van der Waals surface area contributed by atoms with Crippen molar-refractivity contribution in [3.63, 3.8) is 0 Å². The highest BCUT2D eigenvalue weighted by Gasteiger charge is 2.47. The van der Waals surface area contributed by atoms with Gasteiger partial charge in [0, 0.05) is 15.7 Å². The van der Waals surface area contributed by atoms with Gasteiger partial charge in [-0.15, -0.1) is 0 Å². The van der Waals surface area contributed by atoms with Crippen molar-refractivity contribution in [2.45, 2.75) is 39.4 Å². The summed E-state index contributed by atoms with van der Waals surface area (Å²) in [6, 6.07) is 4.11. The van der Waals surface area contributed by atoms with Gasteiger partial charge in [0.15, 0.2) is 0 Å². The van der Waals surface area contributed by atoms with Crippen molar-refractivity contribution < 1.29 is 18.4 Å². The van der Waals surface area contributed by atoms with Crippen LogP contribution in [0, 0.1) is 0 Å². The maximum Gasteiger partial charge on any atom is 0.355 e. The zero-order valence-electron chi connectivity index (χ0n) is 14.2. The smallest absolute Gasteiger partial charge is 0.321 e. The van der Waals surface area contributed by atoms with E-state index < -0.39 is 18.9 Å². The molecule has 0 spiro atoms. The summed E-state index contributed by atoms with van der Waals surface area (Å²) in [7, 11) is -3.54. The van der Waals surface area contributed by atoms with Crippen molar-refractivity contribution >= 4 is 42.5 Å². The van der Waals surface area contributed by atoms with Crippen molar-refractivity contribution in [2.24, 2.45) is 0 Å². The first kappa shape index (κ1) is 21.3. The zero-order valence-corrected chi connectivity index (χ0v) is 16.6. The lowest BCUT2D eigenvalue weighted by Gasteiger charge is -2.35. The van der Waals surface area contributed by atoms with Crippen LogP contribution in [0.25, 0.3) is 0 Å². The summed E-state index contributed by atoms with van der Waals surface area (Å²) in [4.78, 5) is 12.3. The molecule has 2 N–H and O–H groups in total. The van der Waals surface area contributed by atoms with Gasteiger partial charge in [0.2, 0.25) is 0 Å². The summed E-state index contributed by atoms with van der Waals surface area (Å²) in [5.74, 6) is 0. The molecule has 1 atom stereocenters. The van der Waals surface area contributed by atoms with E-state index in [1.165, 1.54) is 0 Å². The molecule has 1 rings (SSSR count). The number of hydrogen-bond donors (Lipinski definition) is 2. The van der Waals surface area contributed by atoms with E-state index >= 15 is 0 Å². The zero-order chi connectivity index (χ0) is 18.4. The Bertz CT molecular complexity index is 599. The van der Waals surface area contributed by atoms with Crippen molar-refractivity contribution in [1.29, 1.82) is 0 Å². The summed E-state index contributed by atoms with van der Waals surface area (Å²) in [5, 5.41) is 4.92. The summed E-state index contributed by atoms with van der Waals surface area (Å²) < 4.78 is 23.8. The normalized spacial score (nSPS) is 14.1. The minimum Gasteiger partial charge on any atom is -0.321 e. The molecular weight excluding hydrogens is 374 g/mol. The van der Waals surface area contributed by atoms with Crippen molar-refractivity contribution in [3.05, 3.63) is 28.2 Å². The molecule has 2 amide bonds. The largest absolute Gasteiger partial charge is 0.355 e. The molecule has 0 saturated heterocycles. The van der Waals surface area contributed by atoms with Gasteiger partial charge in [0.05, 0.1) is 13.2 Å². The van der Waals surface area contributed by atoms with E-state index in [1.807, 2.05) is 0 Å². The molecule has 0 bridgehead atoms. The Morgan fingerprint density at radius 1 is 1.12 bits per heavy atom. The van der Waals surface area contributed by atoms with Gasteiger partial charge in [0.1, 0.15) is 5.28 Å². The third-order valence-corrected chi connectivity index (χ3v) is 6.66. The second-order valence-electron chi connectivity index (χ2n) is 5.20. The number of urea groups is 1. The summed E-state index contributed by atoms with van der Waals surface area (Å²) in [5.41, 5.74) is 0.422. The highest BCUT2D eigenvalue weighted by atomic mass is 35.5. The molecule has 0 aliphatic carbocycles. The van der Waals surface area contributed by atoms with Crippen LogP contribution in [0.5, 0.6) is 0 Å². The molecule has 0 saturated carbocycles. The maximum absolute atomic E-state index is 13.0. The number of rotatable bonds is 8. The third-order valence-electron chi connectivity index (χ3n) is 3.39. The van der Waals surface area contributed by atoms with Crippen LogP contribution in [-0.2, 0) is 13.6 Å². The fourth-order valence-corrected chi connectivity index (χ4v) is 4.52. The highest BCUT2D eigenvalue weighted by Crippen LogP contribution is 2.59. The van der Waals surface area contributed by atoms with Crippen molar-refractivity contribution in [1.82, 2.24) is 5.32 Å². The molecule has 1 aromatic rings. The van der Waals surface area contributed by atoms with Crippen LogP contribution in [0.1, 0.15) is 34.1 Å². The van der Waals surface area contributed by atoms with Gasteiger partial charge in [-0.3, -0.25) is 4.57 Å². The van der Waals surface area contributed by atoms with Crippen LogP contribution in [-0.4, -0.2) is 24.5 Å². The Kier molecular flexibility index (Phi) is 8.03. The lowest BCUT2D eigenvalue weighted by atomic mass is 10.2. The van der Waals surface area contributed by atoms with Gasteiger partial charge in [-0.1, -0.05) is 30.1 Å². The number of carbonyl (C=O) groups excluding carboxylic acids is 1. The lowest BCUT2D eigenvalue weighted by Crippen LogP contribution is -2.48. The van der Waals surface area contributed by atoms with E-state index in [1.54, 1.807) is 45.9 Å². The van der Waals surface area contributed by atoms with Gasteiger partial charge in [-0.05, 0) is 45.4 Å². The predicted molar refractivity (Wildman–Crippen MR) is 98.2 cm³/mol.